The van der Waals surface area contributed by atoms with Gasteiger partial charge in [0.25, 0.3) is 0 Å². The quantitative estimate of drug-likeness (QED) is 0.815. The number of hydrogen-bond acceptors (Lipinski definition) is 5. The van der Waals surface area contributed by atoms with Crippen LogP contribution in [-0.4, -0.2) is 24.7 Å². The van der Waals surface area contributed by atoms with Gasteiger partial charge in [0, 0.05) is 25.5 Å². The predicted octanol–water partition coefficient (Wildman–Crippen LogP) is 3.16. The van der Waals surface area contributed by atoms with Gasteiger partial charge >= 0.3 is 0 Å². The molecule has 0 aromatic carbocycles. The highest BCUT2D eigenvalue weighted by atomic mass is 35.5. The van der Waals surface area contributed by atoms with E-state index >= 15 is 0 Å². The molecule has 0 N–H and O–H groups in total. The molecule has 5 nitrogen and oxygen atoms in total. The molecule has 20 heavy (non-hydrogen) atoms. The Morgan fingerprint density at radius 1 is 1.25 bits per heavy atom. The summed E-state index contributed by atoms with van der Waals surface area (Å²) in [5.41, 5.74) is 0. The van der Waals surface area contributed by atoms with Crippen molar-refractivity contribution in [2.24, 2.45) is 0 Å². The van der Waals surface area contributed by atoms with Crippen LogP contribution >= 0.6 is 23.4 Å². The van der Waals surface area contributed by atoms with Crippen LogP contribution < -0.4 is 0 Å². The Kier molecular flexibility index (Phi) is 4.21. The molecule has 0 saturated carbocycles. The Morgan fingerprint density at radius 2 is 2.15 bits per heavy atom. The maximum absolute atomic E-state index is 6.03. The molecule has 0 atom stereocenters. The molecule has 1 aliphatic heterocycles. The zero-order valence-electron chi connectivity index (χ0n) is 11.3. The van der Waals surface area contributed by atoms with Crippen LogP contribution in [0.15, 0.2) is 16.2 Å². The summed E-state index contributed by atoms with van der Waals surface area (Å²) in [6, 6.07) is 1.78. The molecule has 2 aromatic rings. The van der Waals surface area contributed by atoms with Crippen molar-refractivity contribution in [3.8, 4) is 0 Å². The fourth-order valence-corrected chi connectivity index (χ4v) is 3.44. The summed E-state index contributed by atoms with van der Waals surface area (Å²) in [5, 5.41) is 10.8. The first-order valence-electron chi connectivity index (χ1n) is 6.89. The van der Waals surface area contributed by atoms with E-state index < -0.39 is 0 Å². The minimum atomic E-state index is 0.481. The van der Waals surface area contributed by atoms with Gasteiger partial charge in [0.15, 0.2) is 5.16 Å². The van der Waals surface area contributed by atoms with Gasteiger partial charge in [-0.1, -0.05) is 24.9 Å². The molecule has 0 radical (unpaired) electrons. The average Bonchev–Trinajstić information content (AvgIpc) is 2.67. The minimum Gasteiger partial charge on any atom is -0.306 e. The molecule has 0 unspecified atom stereocenters. The van der Waals surface area contributed by atoms with E-state index in [1.165, 1.54) is 31.0 Å². The van der Waals surface area contributed by atoms with Crippen molar-refractivity contribution < 1.29 is 0 Å². The van der Waals surface area contributed by atoms with Gasteiger partial charge in [0.1, 0.15) is 21.8 Å². The van der Waals surface area contributed by atoms with Crippen molar-refractivity contribution >= 4 is 23.4 Å². The highest BCUT2D eigenvalue weighted by Crippen LogP contribution is 2.28. The lowest BCUT2D eigenvalue weighted by Crippen LogP contribution is -2.02. The van der Waals surface area contributed by atoms with E-state index in [9.17, 15) is 0 Å². The molecule has 2 aromatic heterocycles. The molecule has 0 fully saturated rings. The molecule has 3 heterocycles. The lowest BCUT2D eigenvalue weighted by molar-refractivity contribution is 0.590. The van der Waals surface area contributed by atoms with E-state index in [0.29, 0.717) is 5.15 Å². The van der Waals surface area contributed by atoms with Crippen LogP contribution in [0.1, 0.15) is 37.8 Å². The molecule has 0 spiro atoms. The van der Waals surface area contributed by atoms with Gasteiger partial charge in [-0.3, -0.25) is 0 Å². The third kappa shape index (κ3) is 2.96. The molecular weight excluding hydrogens is 294 g/mol. The summed E-state index contributed by atoms with van der Waals surface area (Å²) in [5.74, 6) is 1.84. The van der Waals surface area contributed by atoms with Crippen molar-refractivity contribution in [2.45, 2.75) is 55.8 Å². The lowest BCUT2D eigenvalue weighted by atomic mass is 10.2. The first-order valence-corrected chi connectivity index (χ1v) is 8.09. The first kappa shape index (κ1) is 13.8. The van der Waals surface area contributed by atoms with Gasteiger partial charge in [-0.2, -0.15) is 0 Å². The van der Waals surface area contributed by atoms with E-state index in [1.807, 2.05) is 6.92 Å². The molecule has 106 valence electrons. The monoisotopic (exact) mass is 309 g/mol. The number of nitrogens with zero attached hydrogens (tertiary/aromatic N) is 5. The predicted molar refractivity (Wildman–Crippen MR) is 78.1 cm³/mol. The fraction of sp³-hybridized carbons (Fsp3) is 0.538. The number of hydrogen-bond donors (Lipinski definition) is 0. The zero-order chi connectivity index (χ0) is 13.9. The van der Waals surface area contributed by atoms with Gasteiger partial charge < -0.3 is 4.57 Å². The lowest BCUT2D eigenvalue weighted by Gasteiger charge is -2.06. The molecule has 0 saturated heterocycles. The number of rotatable bonds is 3. The number of halogens is 1. The Hall–Kier alpha value is -1.14. The average molecular weight is 310 g/mol. The van der Waals surface area contributed by atoms with Crippen molar-refractivity contribution in [1.82, 2.24) is 24.7 Å². The molecule has 7 heteroatoms. The fourth-order valence-electron chi connectivity index (χ4n) is 2.28. The Balaban J connectivity index is 1.88. The molecule has 0 bridgehead atoms. The summed E-state index contributed by atoms with van der Waals surface area (Å²) in [6.07, 6.45) is 5.42. The van der Waals surface area contributed by atoms with Gasteiger partial charge in [0.2, 0.25) is 0 Å². The van der Waals surface area contributed by atoms with Crippen molar-refractivity contribution in [1.29, 1.82) is 0 Å². The summed E-state index contributed by atoms with van der Waals surface area (Å²) >= 11 is 7.55. The smallest absolute Gasteiger partial charge is 0.197 e. The maximum atomic E-state index is 6.03. The second-order valence-corrected chi connectivity index (χ2v) is 6.14. The van der Waals surface area contributed by atoms with Crippen LogP contribution in [0.2, 0.25) is 5.15 Å². The van der Waals surface area contributed by atoms with Crippen LogP contribution in [0.5, 0.6) is 0 Å². The van der Waals surface area contributed by atoms with E-state index in [4.69, 9.17) is 11.6 Å². The summed E-state index contributed by atoms with van der Waals surface area (Å²) < 4.78 is 2.21. The third-order valence-corrected chi connectivity index (χ3v) is 4.40. The minimum absolute atomic E-state index is 0.481. The SMILES string of the molecule is CCc1nc(Cl)cc(Sc2nnc3n2CCCCC3)n1. The summed E-state index contributed by atoms with van der Waals surface area (Å²) in [6.45, 7) is 3.01. The first-order chi connectivity index (χ1) is 9.76. The summed E-state index contributed by atoms with van der Waals surface area (Å²) in [4.78, 5) is 8.67. The Labute approximate surface area is 127 Å². The van der Waals surface area contributed by atoms with Gasteiger partial charge in [-0.25, -0.2) is 9.97 Å². The molecule has 0 aliphatic carbocycles. The standard InChI is InChI=1S/C13H16ClN5S/c1-2-10-15-9(14)8-12(16-10)20-13-18-17-11-6-4-3-5-7-19(11)13/h8H,2-7H2,1H3. The number of fused-ring (bicyclic) bond motifs is 1. The van der Waals surface area contributed by atoms with E-state index in [2.05, 4.69) is 24.7 Å². The van der Waals surface area contributed by atoms with Crippen LogP contribution in [-0.2, 0) is 19.4 Å². The van der Waals surface area contributed by atoms with Crippen LogP contribution in [0, 0.1) is 0 Å². The Morgan fingerprint density at radius 3 is 3.00 bits per heavy atom. The number of aromatic nitrogens is 5. The molecule has 1 aliphatic rings. The molecule has 3 rings (SSSR count). The largest absolute Gasteiger partial charge is 0.306 e. The van der Waals surface area contributed by atoms with Crippen molar-refractivity contribution in [2.75, 3.05) is 0 Å². The highest BCUT2D eigenvalue weighted by molar-refractivity contribution is 7.99. The van der Waals surface area contributed by atoms with E-state index in [-0.39, 0.29) is 0 Å². The highest BCUT2D eigenvalue weighted by Gasteiger charge is 2.16. The van der Waals surface area contributed by atoms with Crippen LogP contribution in [0.4, 0.5) is 0 Å². The van der Waals surface area contributed by atoms with Crippen LogP contribution in [0.25, 0.3) is 0 Å². The topological polar surface area (TPSA) is 56.5 Å². The maximum Gasteiger partial charge on any atom is 0.197 e. The van der Waals surface area contributed by atoms with Crippen molar-refractivity contribution in [3.63, 3.8) is 0 Å². The Bertz CT molecular complexity index is 613. The van der Waals surface area contributed by atoms with Gasteiger partial charge in [-0.05, 0) is 24.6 Å². The van der Waals surface area contributed by atoms with Crippen LogP contribution in [0.3, 0.4) is 0 Å². The van der Waals surface area contributed by atoms with Crippen molar-refractivity contribution in [3.05, 3.63) is 22.9 Å². The normalized spacial score (nSPS) is 14.9. The zero-order valence-corrected chi connectivity index (χ0v) is 12.9. The second kappa shape index (κ2) is 6.10. The second-order valence-electron chi connectivity index (χ2n) is 4.76. The van der Waals surface area contributed by atoms with E-state index in [1.54, 1.807) is 6.07 Å². The molecular formula is C13H16ClN5S. The van der Waals surface area contributed by atoms with Gasteiger partial charge in [0.05, 0.1) is 0 Å². The number of aryl methyl sites for hydroxylation is 2. The molecule has 0 amide bonds. The van der Waals surface area contributed by atoms with E-state index in [0.717, 1.165) is 41.2 Å². The van der Waals surface area contributed by atoms with Gasteiger partial charge in [-0.15, -0.1) is 10.2 Å². The summed E-state index contributed by atoms with van der Waals surface area (Å²) in [7, 11) is 0. The third-order valence-electron chi connectivity index (χ3n) is 3.31.